The van der Waals surface area contributed by atoms with Crippen molar-refractivity contribution < 1.29 is 5.11 Å². The highest BCUT2D eigenvalue weighted by atomic mass is 35.5. The molecule has 1 aromatic rings. The van der Waals surface area contributed by atoms with Crippen LogP contribution in [-0.2, 0) is 6.54 Å². The SMILES string of the molecule is CN1CCC(C)(CNCc2cccc(Cl)c2O)CC1. The van der Waals surface area contributed by atoms with Gasteiger partial charge in [-0.25, -0.2) is 0 Å². The Morgan fingerprint density at radius 3 is 2.74 bits per heavy atom. The average molecular weight is 283 g/mol. The quantitative estimate of drug-likeness (QED) is 0.891. The second kappa shape index (κ2) is 6.12. The van der Waals surface area contributed by atoms with E-state index < -0.39 is 0 Å². The zero-order chi connectivity index (χ0) is 13.9. The molecule has 0 aliphatic carbocycles. The Bertz CT molecular complexity index is 428. The molecule has 19 heavy (non-hydrogen) atoms. The van der Waals surface area contributed by atoms with Crippen LogP contribution in [0.1, 0.15) is 25.3 Å². The van der Waals surface area contributed by atoms with Crippen LogP contribution in [0.2, 0.25) is 5.02 Å². The normalized spacial score (nSPS) is 19.5. The highest BCUT2D eigenvalue weighted by Crippen LogP contribution is 2.30. The van der Waals surface area contributed by atoms with E-state index in [1.165, 1.54) is 25.9 Å². The molecule has 0 saturated carbocycles. The van der Waals surface area contributed by atoms with Crippen molar-refractivity contribution in [1.82, 2.24) is 10.2 Å². The van der Waals surface area contributed by atoms with Crippen LogP contribution in [-0.4, -0.2) is 36.7 Å². The first-order valence-corrected chi connectivity index (χ1v) is 7.24. The molecule has 3 nitrogen and oxygen atoms in total. The van der Waals surface area contributed by atoms with Crippen molar-refractivity contribution in [1.29, 1.82) is 0 Å². The molecule has 0 spiro atoms. The zero-order valence-electron chi connectivity index (χ0n) is 11.7. The van der Waals surface area contributed by atoms with Gasteiger partial charge < -0.3 is 15.3 Å². The molecule has 106 valence electrons. The first kappa shape index (κ1) is 14.6. The number of piperidine rings is 1. The van der Waals surface area contributed by atoms with Crippen LogP contribution in [0.25, 0.3) is 0 Å². The van der Waals surface area contributed by atoms with Gasteiger partial charge in [-0.15, -0.1) is 0 Å². The highest BCUT2D eigenvalue weighted by molar-refractivity contribution is 6.32. The van der Waals surface area contributed by atoms with Gasteiger partial charge in [-0.3, -0.25) is 0 Å². The smallest absolute Gasteiger partial charge is 0.138 e. The number of halogens is 1. The average Bonchev–Trinajstić information content (AvgIpc) is 2.39. The predicted molar refractivity (Wildman–Crippen MR) is 79.7 cm³/mol. The Hall–Kier alpha value is -0.770. The largest absolute Gasteiger partial charge is 0.506 e. The Labute approximate surface area is 120 Å². The molecule has 1 heterocycles. The number of nitrogens with zero attached hydrogens (tertiary/aromatic N) is 1. The number of nitrogens with one attached hydrogen (secondary N) is 1. The van der Waals surface area contributed by atoms with Gasteiger partial charge in [0, 0.05) is 18.7 Å². The van der Waals surface area contributed by atoms with Crippen molar-refractivity contribution in [3.05, 3.63) is 28.8 Å². The summed E-state index contributed by atoms with van der Waals surface area (Å²) in [4.78, 5) is 2.38. The van der Waals surface area contributed by atoms with E-state index in [0.29, 0.717) is 17.0 Å². The second-order valence-corrected chi connectivity index (χ2v) is 6.37. The summed E-state index contributed by atoms with van der Waals surface area (Å²) in [7, 11) is 2.18. The monoisotopic (exact) mass is 282 g/mol. The topological polar surface area (TPSA) is 35.5 Å². The highest BCUT2D eigenvalue weighted by Gasteiger charge is 2.28. The van der Waals surface area contributed by atoms with Crippen molar-refractivity contribution in [2.24, 2.45) is 5.41 Å². The maximum atomic E-state index is 9.85. The van der Waals surface area contributed by atoms with E-state index in [0.717, 1.165) is 12.1 Å². The van der Waals surface area contributed by atoms with Gasteiger partial charge in [0.2, 0.25) is 0 Å². The fraction of sp³-hybridized carbons (Fsp3) is 0.600. The molecule has 1 aromatic carbocycles. The van der Waals surface area contributed by atoms with E-state index in [-0.39, 0.29) is 5.75 Å². The number of hydrogen-bond donors (Lipinski definition) is 2. The lowest BCUT2D eigenvalue weighted by atomic mass is 9.80. The van der Waals surface area contributed by atoms with Crippen LogP contribution in [0.4, 0.5) is 0 Å². The third-order valence-electron chi connectivity index (χ3n) is 4.13. The van der Waals surface area contributed by atoms with Crippen LogP contribution >= 0.6 is 11.6 Å². The lowest BCUT2D eigenvalue weighted by Crippen LogP contribution is -2.41. The lowest BCUT2D eigenvalue weighted by molar-refractivity contribution is 0.136. The summed E-state index contributed by atoms with van der Waals surface area (Å²) in [6.45, 7) is 6.32. The molecule has 0 bridgehead atoms. The minimum Gasteiger partial charge on any atom is -0.506 e. The standard InChI is InChI=1S/C15H23ClN2O/c1-15(6-8-18(2)9-7-15)11-17-10-12-4-3-5-13(16)14(12)19/h3-5,17,19H,6-11H2,1-2H3. The Kier molecular flexibility index (Phi) is 4.71. The lowest BCUT2D eigenvalue weighted by Gasteiger charge is -2.38. The van der Waals surface area contributed by atoms with Crippen molar-refractivity contribution >= 4 is 11.6 Å². The molecule has 0 amide bonds. The van der Waals surface area contributed by atoms with Crippen LogP contribution in [0.15, 0.2) is 18.2 Å². The molecule has 1 aliphatic heterocycles. The van der Waals surface area contributed by atoms with Crippen molar-refractivity contribution in [3.8, 4) is 5.75 Å². The molecule has 0 unspecified atom stereocenters. The number of phenolic OH excluding ortho intramolecular Hbond substituents is 1. The van der Waals surface area contributed by atoms with Gasteiger partial charge in [-0.1, -0.05) is 30.7 Å². The Balaban J connectivity index is 1.85. The maximum absolute atomic E-state index is 9.85. The Morgan fingerprint density at radius 2 is 2.05 bits per heavy atom. The second-order valence-electron chi connectivity index (χ2n) is 5.97. The van der Waals surface area contributed by atoms with Gasteiger partial charge in [-0.05, 0) is 44.5 Å². The molecule has 0 radical (unpaired) electrons. The summed E-state index contributed by atoms with van der Waals surface area (Å²) >= 11 is 5.90. The first-order chi connectivity index (χ1) is 9.00. The third-order valence-corrected chi connectivity index (χ3v) is 4.44. The maximum Gasteiger partial charge on any atom is 0.138 e. The molecule has 0 aromatic heterocycles. The zero-order valence-corrected chi connectivity index (χ0v) is 12.5. The van der Waals surface area contributed by atoms with Gasteiger partial charge in [0.25, 0.3) is 0 Å². The van der Waals surface area contributed by atoms with Crippen molar-refractivity contribution in [3.63, 3.8) is 0 Å². The van der Waals surface area contributed by atoms with Crippen LogP contribution in [0.3, 0.4) is 0 Å². The molecule has 1 aliphatic rings. The van der Waals surface area contributed by atoms with Crippen molar-refractivity contribution in [2.75, 3.05) is 26.7 Å². The molecular weight excluding hydrogens is 260 g/mol. The van der Waals surface area contributed by atoms with Gasteiger partial charge >= 0.3 is 0 Å². The molecular formula is C15H23ClN2O. The van der Waals surface area contributed by atoms with E-state index in [9.17, 15) is 5.11 Å². The number of hydrogen-bond acceptors (Lipinski definition) is 3. The van der Waals surface area contributed by atoms with Crippen LogP contribution in [0, 0.1) is 5.41 Å². The number of aromatic hydroxyl groups is 1. The molecule has 1 fully saturated rings. The molecule has 0 atom stereocenters. The Morgan fingerprint density at radius 1 is 1.37 bits per heavy atom. The number of likely N-dealkylation sites (tertiary alicyclic amines) is 1. The van der Waals surface area contributed by atoms with Gasteiger partial charge in [0.05, 0.1) is 5.02 Å². The first-order valence-electron chi connectivity index (χ1n) is 6.86. The predicted octanol–water partition coefficient (Wildman–Crippen LogP) is 2.87. The molecule has 4 heteroatoms. The minimum atomic E-state index is 0.199. The molecule has 1 saturated heterocycles. The summed E-state index contributed by atoms with van der Waals surface area (Å²) in [5, 5.41) is 13.7. The van der Waals surface area contributed by atoms with E-state index in [2.05, 4.69) is 24.2 Å². The minimum absolute atomic E-state index is 0.199. The van der Waals surface area contributed by atoms with Crippen LogP contribution < -0.4 is 5.32 Å². The molecule has 2 N–H and O–H groups in total. The van der Waals surface area contributed by atoms with Crippen molar-refractivity contribution in [2.45, 2.75) is 26.3 Å². The van der Waals surface area contributed by atoms with Gasteiger partial charge in [0.1, 0.15) is 5.75 Å². The number of para-hydroxylation sites is 1. The summed E-state index contributed by atoms with van der Waals surface area (Å²) < 4.78 is 0. The summed E-state index contributed by atoms with van der Waals surface area (Å²) in [6, 6.07) is 5.49. The fourth-order valence-corrected chi connectivity index (χ4v) is 2.73. The van der Waals surface area contributed by atoms with E-state index >= 15 is 0 Å². The summed E-state index contributed by atoms with van der Waals surface area (Å²) in [5.41, 5.74) is 1.23. The van der Waals surface area contributed by atoms with E-state index in [4.69, 9.17) is 11.6 Å². The third kappa shape index (κ3) is 3.85. The van der Waals surface area contributed by atoms with Crippen LogP contribution in [0.5, 0.6) is 5.75 Å². The van der Waals surface area contributed by atoms with E-state index in [1.54, 1.807) is 6.07 Å². The number of benzene rings is 1. The van der Waals surface area contributed by atoms with Gasteiger partial charge in [-0.2, -0.15) is 0 Å². The fourth-order valence-electron chi connectivity index (χ4n) is 2.54. The van der Waals surface area contributed by atoms with Gasteiger partial charge in [0.15, 0.2) is 0 Å². The van der Waals surface area contributed by atoms with E-state index in [1.807, 2.05) is 12.1 Å². The number of phenols is 1. The number of rotatable bonds is 4. The summed E-state index contributed by atoms with van der Waals surface area (Å²) in [6.07, 6.45) is 2.44. The molecule has 2 rings (SSSR count). The summed E-state index contributed by atoms with van der Waals surface area (Å²) in [5.74, 6) is 0.199.